The lowest BCUT2D eigenvalue weighted by Gasteiger charge is -2.06. The molecule has 0 aliphatic rings. The first-order chi connectivity index (χ1) is 6.95. The van der Waals surface area contributed by atoms with Crippen LogP contribution in [0.3, 0.4) is 0 Å². The van der Waals surface area contributed by atoms with E-state index in [0.29, 0.717) is 6.10 Å². The third-order valence-corrected chi connectivity index (χ3v) is 1.21. The Morgan fingerprint density at radius 2 is 1.33 bits per heavy atom. The highest BCUT2D eigenvalue weighted by Gasteiger charge is 1.83. The van der Waals surface area contributed by atoms with Gasteiger partial charge < -0.3 is 19.1 Å². The molecule has 15 heavy (non-hydrogen) atoms. The van der Waals surface area contributed by atoms with Crippen LogP contribution in [0, 0.1) is 0 Å². The molecule has 0 unspecified atom stereocenters. The Morgan fingerprint density at radius 1 is 1.00 bits per heavy atom. The zero-order valence-corrected chi connectivity index (χ0v) is 11.7. The van der Waals surface area contributed by atoms with Crippen LogP contribution in [0.1, 0.15) is 13.8 Å². The SMILES string of the molecule is COC.COC(C)C.COCCN(C)C. The lowest BCUT2D eigenvalue weighted by molar-refractivity contribution is 0.134. The summed E-state index contributed by atoms with van der Waals surface area (Å²) in [6, 6.07) is 0. The van der Waals surface area contributed by atoms with E-state index >= 15 is 0 Å². The molecule has 4 heteroatoms. The van der Waals surface area contributed by atoms with Crippen LogP contribution in [0.15, 0.2) is 0 Å². The first-order valence-corrected chi connectivity index (χ1v) is 5.02. The molecule has 0 atom stereocenters. The summed E-state index contributed by atoms with van der Waals surface area (Å²) in [6.07, 6.45) is 0.384. The fourth-order valence-corrected chi connectivity index (χ4v) is 0.274. The van der Waals surface area contributed by atoms with Crippen molar-refractivity contribution in [3.8, 4) is 0 Å². The van der Waals surface area contributed by atoms with E-state index in [9.17, 15) is 0 Å². The average molecular weight is 223 g/mol. The second kappa shape index (κ2) is 19.4. The number of rotatable bonds is 4. The third kappa shape index (κ3) is 56.9. The summed E-state index contributed by atoms with van der Waals surface area (Å²) >= 11 is 0. The van der Waals surface area contributed by atoms with Gasteiger partial charge in [-0.2, -0.15) is 0 Å². The Kier molecular flexibility index (Phi) is 26.2. The highest BCUT2D eigenvalue weighted by molar-refractivity contribution is 4.36. The quantitative estimate of drug-likeness (QED) is 0.722. The molecule has 0 bridgehead atoms. The molecule has 0 aliphatic carbocycles. The molecule has 0 aromatic carbocycles. The zero-order chi connectivity index (χ0) is 12.7. The van der Waals surface area contributed by atoms with Crippen LogP contribution in [-0.4, -0.2) is 66.7 Å². The molecule has 0 aromatic heterocycles. The number of methoxy groups -OCH3 is 3. The molecule has 0 saturated heterocycles. The molecule has 0 N–H and O–H groups in total. The van der Waals surface area contributed by atoms with Crippen LogP contribution in [0.4, 0.5) is 0 Å². The van der Waals surface area contributed by atoms with Crippen molar-refractivity contribution in [2.45, 2.75) is 20.0 Å². The summed E-state index contributed by atoms with van der Waals surface area (Å²) in [5.41, 5.74) is 0. The highest BCUT2D eigenvalue weighted by Crippen LogP contribution is 1.77. The van der Waals surface area contributed by atoms with Crippen LogP contribution >= 0.6 is 0 Å². The minimum Gasteiger partial charge on any atom is -0.388 e. The van der Waals surface area contributed by atoms with Crippen LogP contribution in [0.2, 0.25) is 0 Å². The summed E-state index contributed by atoms with van der Waals surface area (Å²) in [5.74, 6) is 0. The number of ether oxygens (including phenoxy) is 3. The van der Waals surface area contributed by atoms with Crippen molar-refractivity contribution in [1.29, 1.82) is 0 Å². The molecular weight excluding hydrogens is 194 g/mol. The molecule has 96 valence electrons. The van der Waals surface area contributed by atoms with Gasteiger partial charge in [-0.05, 0) is 27.9 Å². The molecule has 4 nitrogen and oxygen atoms in total. The van der Waals surface area contributed by atoms with Crippen molar-refractivity contribution < 1.29 is 14.2 Å². The molecule has 0 aromatic rings. The van der Waals surface area contributed by atoms with E-state index in [1.807, 2.05) is 27.9 Å². The van der Waals surface area contributed by atoms with Crippen molar-refractivity contribution in [2.75, 3.05) is 55.7 Å². The van der Waals surface area contributed by atoms with Gasteiger partial charge in [0.1, 0.15) is 0 Å². The second-order valence-corrected chi connectivity index (χ2v) is 3.49. The van der Waals surface area contributed by atoms with E-state index in [4.69, 9.17) is 9.47 Å². The summed E-state index contributed by atoms with van der Waals surface area (Å²) in [6.45, 7) is 5.84. The predicted octanol–water partition coefficient (Wildman–Crippen LogP) is 1.50. The molecule has 0 saturated carbocycles. The molecule has 0 fully saturated rings. The molecule has 0 heterocycles. The molecule has 0 spiro atoms. The fraction of sp³-hybridized carbons (Fsp3) is 1.00. The lowest BCUT2D eigenvalue weighted by atomic mass is 10.5. The van der Waals surface area contributed by atoms with Gasteiger partial charge in [-0.3, -0.25) is 0 Å². The summed E-state index contributed by atoms with van der Waals surface area (Å²) in [5, 5.41) is 0. The summed E-state index contributed by atoms with van der Waals surface area (Å²) in [4.78, 5) is 2.09. The molecular formula is C11H29NO3. The number of hydrogen-bond donors (Lipinski definition) is 0. The maximum absolute atomic E-state index is 4.81. The summed E-state index contributed by atoms with van der Waals surface area (Å²) in [7, 11) is 10.7. The number of likely N-dealkylation sites (N-methyl/N-ethyl adjacent to an activating group) is 1. The Hall–Kier alpha value is -0.160. The average Bonchev–Trinajstić information content (AvgIpc) is 2.16. The smallest absolute Gasteiger partial charge is 0.0589 e. The fourth-order valence-electron chi connectivity index (χ4n) is 0.274. The first-order valence-electron chi connectivity index (χ1n) is 5.02. The van der Waals surface area contributed by atoms with E-state index in [1.54, 1.807) is 28.4 Å². The Bertz CT molecular complexity index is 87.9. The van der Waals surface area contributed by atoms with Crippen LogP contribution in [0.5, 0.6) is 0 Å². The maximum atomic E-state index is 4.81. The van der Waals surface area contributed by atoms with Gasteiger partial charge in [-0.15, -0.1) is 0 Å². The monoisotopic (exact) mass is 223 g/mol. The van der Waals surface area contributed by atoms with Gasteiger partial charge in [0.15, 0.2) is 0 Å². The van der Waals surface area contributed by atoms with Gasteiger partial charge in [-0.25, -0.2) is 0 Å². The largest absolute Gasteiger partial charge is 0.388 e. The molecule has 0 radical (unpaired) electrons. The number of nitrogens with zero attached hydrogens (tertiary/aromatic N) is 1. The third-order valence-electron chi connectivity index (χ3n) is 1.21. The topological polar surface area (TPSA) is 30.9 Å². The number of hydrogen-bond acceptors (Lipinski definition) is 4. The Labute approximate surface area is 95.5 Å². The van der Waals surface area contributed by atoms with Gasteiger partial charge in [0, 0.05) is 35.0 Å². The minimum absolute atomic E-state index is 0.384. The van der Waals surface area contributed by atoms with Gasteiger partial charge in [0.05, 0.1) is 12.7 Å². The Morgan fingerprint density at radius 3 is 1.40 bits per heavy atom. The van der Waals surface area contributed by atoms with Crippen molar-refractivity contribution in [3.63, 3.8) is 0 Å². The molecule has 0 amide bonds. The zero-order valence-electron chi connectivity index (χ0n) is 11.7. The van der Waals surface area contributed by atoms with Gasteiger partial charge in [0.25, 0.3) is 0 Å². The van der Waals surface area contributed by atoms with E-state index in [2.05, 4.69) is 9.64 Å². The standard InChI is InChI=1S/C5H13NO.C4H10O.C2H6O/c1-6(2)4-5-7-3;1-4(2)5-3;1-3-2/h4-5H2,1-3H3;4H,1-3H3;1-2H3. The van der Waals surface area contributed by atoms with Gasteiger partial charge in [-0.1, -0.05) is 0 Å². The van der Waals surface area contributed by atoms with Crippen LogP contribution in [0.25, 0.3) is 0 Å². The van der Waals surface area contributed by atoms with Gasteiger partial charge >= 0.3 is 0 Å². The molecule has 0 rings (SSSR count). The van der Waals surface area contributed by atoms with E-state index < -0.39 is 0 Å². The lowest BCUT2D eigenvalue weighted by Crippen LogP contribution is -2.16. The first kappa shape index (κ1) is 20.3. The minimum atomic E-state index is 0.384. The highest BCUT2D eigenvalue weighted by atomic mass is 16.5. The van der Waals surface area contributed by atoms with Crippen molar-refractivity contribution in [3.05, 3.63) is 0 Å². The molecule has 0 aliphatic heterocycles. The maximum Gasteiger partial charge on any atom is 0.0589 e. The second-order valence-electron chi connectivity index (χ2n) is 3.49. The van der Waals surface area contributed by atoms with Crippen molar-refractivity contribution in [1.82, 2.24) is 4.90 Å². The van der Waals surface area contributed by atoms with E-state index in [-0.39, 0.29) is 0 Å². The van der Waals surface area contributed by atoms with Crippen LogP contribution in [-0.2, 0) is 14.2 Å². The van der Waals surface area contributed by atoms with E-state index in [1.165, 1.54) is 0 Å². The van der Waals surface area contributed by atoms with Crippen LogP contribution < -0.4 is 0 Å². The normalized spacial score (nSPS) is 9.20. The predicted molar refractivity (Wildman–Crippen MR) is 65.5 cm³/mol. The van der Waals surface area contributed by atoms with Crippen molar-refractivity contribution in [2.24, 2.45) is 0 Å². The van der Waals surface area contributed by atoms with E-state index in [0.717, 1.165) is 13.2 Å². The van der Waals surface area contributed by atoms with Gasteiger partial charge in [0.2, 0.25) is 0 Å². The summed E-state index contributed by atoms with van der Waals surface area (Å²) < 4.78 is 13.8. The van der Waals surface area contributed by atoms with Crippen molar-refractivity contribution >= 4 is 0 Å². The Balaban J connectivity index is -0.000000158.